The molecule has 0 spiro atoms. The van der Waals surface area contributed by atoms with E-state index in [0.717, 1.165) is 18.2 Å². The molecule has 17 heavy (non-hydrogen) atoms. The molecular formula is C13H18N2O2. The van der Waals surface area contributed by atoms with Crippen LogP contribution in [0.1, 0.15) is 41.7 Å². The van der Waals surface area contributed by atoms with Crippen LogP contribution < -0.4 is 5.32 Å². The van der Waals surface area contributed by atoms with E-state index in [4.69, 9.17) is 5.11 Å². The van der Waals surface area contributed by atoms with Crippen LogP contribution in [0.15, 0.2) is 18.3 Å². The van der Waals surface area contributed by atoms with Gasteiger partial charge in [-0.25, -0.2) is 4.79 Å². The van der Waals surface area contributed by atoms with Gasteiger partial charge in [-0.15, -0.1) is 0 Å². The van der Waals surface area contributed by atoms with Crippen LogP contribution in [0.25, 0.3) is 0 Å². The highest BCUT2D eigenvalue weighted by molar-refractivity contribution is 5.87. The summed E-state index contributed by atoms with van der Waals surface area (Å²) in [4.78, 5) is 14.7. The van der Waals surface area contributed by atoms with E-state index >= 15 is 0 Å². The van der Waals surface area contributed by atoms with Crippen molar-refractivity contribution in [2.45, 2.75) is 32.2 Å². The smallest absolute Gasteiger partial charge is 0.337 e. The number of nitrogens with one attached hydrogen (secondary N) is 1. The molecule has 2 N–H and O–H groups in total. The molecule has 1 aromatic rings. The maximum Gasteiger partial charge on any atom is 0.337 e. The summed E-state index contributed by atoms with van der Waals surface area (Å²) in [5.41, 5.74) is 1.13. The predicted molar refractivity (Wildman–Crippen MR) is 64.9 cm³/mol. The molecule has 0 aliphatic heterocycles. The van der Waals surface area contributed by atoms with E-state index in [1.54, 1.807) is 12.1 Å². The molecule has 0 unspecified atom stereocenters. The summed E-state index contributed by atoms with van der Waals surface area (Å²) >= 11 is 0. The fourth-order valence-electron chi connectivity index (χ4n) is 1.79. The maximum absolute atomic E-state index is 10.6. The second kappa shape index (κ2) is 5.77. The van der Waals surface area contributed by atoms with E-state index in [1.165, 1.54) is 31.9 Å². The van der Waals surface area contributed by atoms with Crippen LogP contribution in [0.2, 0.25) is 0 Å². The molecule has 0 amide bonds. The second-order valence-electron chi connectivity index (χ2n) is 4.61. The van der Waals surface area contributed by atoms with Crippen LogP contribution in [0.4, 0.5) is 0 Å². The zero-order valence-electron chi connectivity index (χ0n) is 9.85. The average molecular weight is 234 g/mol. The Hall–Kier alpha value is -1.42. The molecule has 0 atom stereocenters. The standard InChI is InChI=1S/C13H18N2O2/c16-13(17)11-5-6-12(15-8-11)9-14-7-1-2-10-3-4-10/h5-6,8,10,14H,1-4,7,9H2,(H,16,17). The Bertz CT molecular complexity index is 372. The Kier molecular flexibility index (Phi) is 4.09. The SMILES string of the molecule is O=C(O)c1ccc(CNCCCC2CC2)nc1. The highest BCUT2D eigenvalue weighted by Gasteiger charge is 2.19. The van der Waals surface area contributed by atoms with Crippen LogP contribution >= 0.6 is 0 Å². The van der Waals surface area contributed by atoms with Crippen molar-refractivity contribution in [3.63, 3.8) is 0 Å². The van der Waals surface area contributed by atoms with Gasteiger partial charge in [0, 0.05) is 12.7 Å². The zero-order chi connectivity index (χ0) is 12.1. The lowest BCUT2D eigenvalue weighted by Crippen LogP contribution is -2.15. The number of carboxylic acids is 1. The monoisotopic (exact) mass is 234 g/mol. The molecule has 1 aromatic heterocycles. The first-order chi connectivity index (χ1) is 8.25. The van der Waals surface area contributed by atoms with Crippen LogP contribution in [0, 0.1) is 5.92 Å². The first kappa shape index (κ1) is 12.0. The number of hydrogen-bond acceptors (Lipinski definition) is 3. The minimum absolute atomic E-state index is 0.238. The van der Waals surface area contributed by atoms with Gasteiger partial charge in [-0.1, -0.05) is 12.8 Å². The molecule has 1 heterocycles. The number of aromatic carboxylic acids is 1. The molecule has 1 fully saturated rings. The van der Waals surface area contributed by atoms with Gasteiger partial charge in [-0.05, 0) is 37.4 Å². The van der Waals surface area contributed by atoms with Crippen LogP contribution in [0.3, 0.4) is 0 Å². The Balaban J connectivity index is 1.65. The van der Waals surface area contributed by atoms with Crippen molar-refractivity contribution >= 4 is 5.97 Å². The number of nitrogens with zero attached hydrogens (tertiary/aromatic N) is 1. The summed E-state index contributed by atoms with van der Waals surface area (Å²) < 4.78 is 0. The third-order valence-electron chi connectivity index (χ3n) is 3.04. The summed E-state index contributed by atoms with van der Waals surface area (Å²) in [6, 6.07) is 3.36. The fourth-order valence-corrected chi connectivity index (χ4v) is 1.79. The van der Waals surface area contributed by atoms with Crippen LogP contribution in [0.5, 0.6) is 0 Å². The normalized spacial score (nSPS) is 14.8. The van der Waals surface area contributed by atoms with E-state index in [-0.39, 0.29) is 5.56 Å². The molecule has 4 heteroatoms. The van der Waals surface area contributed by atoms with Crippen molar-refractivity contribution in [1.29, 1.82) is 0 Å². The number of pyridine rings is 1. The maximum atomic E-state index is 10.6. The van der Waals surface area contributed by atoms with Gasteiger partial charge < -0.3 is 10.4 Å². The lowest BCUT2D eigenvalue weighted by Gasteiger charge is -2.04. The van der Waals surface area contributed by atoms with Gasteiger partial charge in [0.25, 0.3) is 0 Å². The molecule has 0 bridgehead atoms. The van der Waals surface area contributed by atoms with E-state index in [0.29, 0.717) is 6.54 Å². The lowest BCUT2D eigenvalue weighted by molar-refractivity contribution is 0.0696. The fraction of sp³-hybridized carbons (Fsp3) is 0.538. The molecule has 1 aliphatic rings. The van der Waals surface area contributed by atoms with Crippen molar-refractivity contribution < 1.29 is 9.90 Å². The van der Waals surface area contributed by atoms with Crippen LogP contribution in [-0.4, -0.2) is 22.6 Å². The Morgan fingerprint density at radius 2 is 2.29 bits per heavy atom. The minimum Gasteiger partial charge on any atom is -0.478 e. The van der Waals surface area contributed by atoms with Crippen molar-refractivity contribution in [2.75, 3.05) is 6.54 Å². The molecule has 2 rings (SSSR count). The van der Waals surface area contributed by atoms with E-state index < -0.39 is 5.97 Å². The molecule has 0 radical (unpaired) electrons. The number of aromatic nitrogens is 1. The highest BCUT2D eigenvalue weighted by Crippen LogP contribution is 2.33. The Labute approximate surface area is 101 Å². The molecule has 0 aromatic carbocycles. The largest absolute Gasteiger partial charge is 0.478 e. The molecule has 4 nitrogen and oxygen atoms in total. The number of hydrogen-bond donors (Lipinski definition) is 2. The molecule has 1 saturated carbocycles. The summed E-state index contributed by atoms with van der Waals surface area (Å²) in [5, 5.41) is 12.0. The van der Waals surface area contributed by atoms with Gasteiger partial charge in [0.05, 0.1) is 11.3 Å². The lowest BCUT2D eigenvalue weighted by atomic mass is 10.2. The average Bonchev–Trinajstić information content (AvgIpc) is 3.13. The van der Waals surface area contributed by atoms with Gasteiger partial charge >= 0.3 is 5.97 Å². The van der Waals surface area contributed by atoms with E-state index in [9.17, 15) is 4.79 Å². The van der Waals surface area contributed by atoms with Gasteiger partial charge in [-0.3, -0.25) is 4.98 Å². The minimum atomic E-state index is -0.929. The van der Waals surface area contributed by atoms with Crippen molar-refractivity contribution in [2.24, 2.45) is 5.92 Å². The van der Waals surface area contributed by atoms with Crippen LogP contribution in [-0.2, 0) is 6.54 Å². The Morgan fingerprint density at radius 1 is 1.47 bits per heavy atom. The first-order valence-electron chi connectivity index (χ1n) is 6.14. The molecule has 0 saturated heterocycles. The van der Waals surface area contributed by atoms with Crippen molar-refractivity contribution in [3.05, 3.63) is 29.6 Å². The molecule has 1 aliphatic carbocycles. The predicted octanol–water partition coefficient (Wildman–Crippen LogP) is 2.06. The van der Waals surface area contributed by atoms with Gasteiger partial charge in [0.2, 0.25) is 0 Å². The van der Waals surface area contributed by atoms with Crippen molar-refractivity contribution in [1.82, 2.24) is 10.3 Å². The van der Waals surface area contributed by atoms with Crippen molar-refractivity contribution in [3.8, 4) is 0 Å². The zero-order valence-corrected chi connectivity index (χ0v) is 9.85. The number of carboxylic acid groups (broad SMARTS) is 1. The van der Waals surface area contributed by atoms with E-state index in [2.05, 4.69) is 10.3 Å². The number of rotatable bonds is 7. The van der Waals surface area contributed by atoms with Gasteiger partial charge in [0.1, 0.15) is 0 Å². The Morgan fingerprint density at radius 3 is 2.88 bits per heavy atom. The third kappa shape index (κ3) is 4.15. The summed E-state index contributed by atoms with van der Waals surface area (Å²) in [6.07, 6.45) is 6.79. The number of carbonyl (C=O) groups is 1. The quantitative estimate of drug-likeness (QED) is 0.709. The summed E-state index contributed by atoms with van der Waals surface area (Å²) in [5.74, 6) is 0.0613. The van der Waals surface area contributed by atoms with Gasteiger partial charge in [0.15, 0.2) is 0 Å². The highest BCUT2D eigenvalue weighted by atomic mass is 16.4. The first-order valence-corrected chi connectivity index (χ1v) is 6.14. The summed E-state index contributed by atoms with van der Waals surface area (Å²) in [7, 11) is 0. The van der Waals surface area contributed by atoms with E-state index in [1.807, 2.05) is 0 Å². The molecule has 92 valence electrons. The summed E-state index contributed by atoms with van der Waals surface area (Å²) in [6.45, 7) is 1.73. The topological polar surface area (TPSA) is 62.2 Å². The third-order valence-corrected chi connectivity index (χ3v) is 3.04. The second-order valence-corrected chi connectivity index (χ2v) is 4.61. The van der Waals surface area contributed by atoms with Gasteiger partial charge in [-0.2, -0.15) is 0 Å². The molecular weight excluding hydrogens is 216 g/mol.